The van der Waals surface area contributed by atoms with Crippen LogP contribution in [0, 0.1) is 5.82 Å². The van der Waals surface area contributed by atoms with E-state index in [2.05, 4.69) is 10.3 Å². The number of carbonyl (C=O) groups is 1. The van der Waals surface area contributed by atoms with Gasteiger partial charge in [-0.25, -0.2) is 9.37 Å². The van der Waals surface area contributed by atoms with Crippen LogP contribution in [0.3, 0.4) is 0 Å². The van der Waals surface area contributed by atoms with E-state index in [0.717, 1.165) is 36.8 Å². The molecule has 26 heavy (non-hydrogen) atoms. The lowest BCUT2D eigenvalue weighted by atomic mass is 10.1. The standard InChI is InChI=1S/C19H18ClFN4O/c1-24-9-6-13-17(24)14(19(26)25-7-2-3-8-25)11-22-18(13)23-12-4-5-16(21)15(20)10-12/h4-6,9-11H,2-3,7-8H2,1H3,(H,22,23). The molecular weight excluding hydrogens is 355 g/mol. The first kappa shape index (κ1) is 16.8. The summed E-state index contributed by atoms with van der Waals surface area (Å²) >= 11 is 5.85. The molecule has 0 unspecified atom stereocenters. The minimum atomic E-state index is -0.471. The first-order valence-corrected chi connectivity index (χ1v) is 8.88. The Bertz CT molecular complexity index is 995. The minimum Gasteiger partial charge on any atom is -0.350 e. The number of carbonyl (C=O) groups excluding carboxylic acids is 1. The summed E-state index contributed by atoms with van der Waals surface area (Å²) in [7, 11) is 1.90. The van der Waals surface area contributed by atoms with Gasteiger partial charge in [-0.1, -0.05) is 11.6 Å². The predicted octanol–water partition coefficient (Wildman–Crippen LogP) is 4.35. The number of benzene rings is 1. The van der Waals surface area contributed by atoms with Crippen molar-refractivity contribution in [1.82, 2.24) is 14.5 Å². The van der Waals surface area contributed by atoms with E-state index in [9.17, 15) is 9.18 Å². The topological polar surface area (TPSA) is 50.2 Å². The highest BCUT2D eigenvalue weighted by molar-refractivity contribution is 6.31. The summed E-state index contributed by atoms with van der Waals surface area (Å²) in [6.45, 7) is 1.58. The van der Waals surface area contributed by atoms with Crippen LogP contribution in [0.5, 0.6) is 0 Å². The number of halogens is 2. The van der Waals surface area contributed by atoms with Gasteiger partial charge >= 0.3 is 0 Å². The molecule has 2 aromatic heterocycles. The number of aryl methyl sites for hydroxylation is 1. The second-order valence-electron chi connectivity index (χ2n) is 6.46. The van der Waals surface area contributed by atoms with Crippen LogP contribution in [-0.4, -0.2) is 33.4 Å². The SMILES string of the molecule is Cn1ccc2c(Nc3ccc(F)c(Cl)c3)ncc(C(=O)N3CCCC3)c21. The lowest BCUT2D eigenvalue weighted by Crippen LogP contribution is -2.28. The number of hydrogen-bond donors (Lipinski definition) is 1. The number of amides is 1. The van der Waals surface area contributed by atoms with Gasteiger partial charge in [-0.15, -0.1) is 0 Å². The fourth-order valence-corrected chi connectivity index (χ4v) is 3.55. The zero-order chi connectivity index (χ0) is 18.3. The van der Waals surface area contributed by atoms with Crippen molar-refractivity contribution in [2.45, 2.75) is 12.8 Å². The van der Waals surface area contributed by atoms with E-state index in [-0.39, 0.29) is 10.9 Å². The van der Waals surface area contributed by atoms with Crippen molar-refractivity contribution in [3.05, 3.63) is 53.1 Å². The minimum absolute atomic E-state index is 0.0122. The van der Waals surface area contributed by atoms with Crippen molar-refractivity contribution < 1.29 is 9.18 Å². The quantitative estimate of drug-likeness (QED) is 0.743. The number of hydrogen-bond acceptors (Lipinski definition) is 3. The van der Waals surface area contributed by atoms with Crippen molar-refractivity contribution in [3.8, 4) is 0 Å². The first-order chi connectivity index (χ1) is 12.5. The van der Waals surface area contributed by atoms with Crippen LogP contribution in [0.25, 0.3) is 10.9 Å². The second-order valence-corrected chi connectivity index (χ2v) is 6.87. The number of rotatable bonds is 3. The van der Waals surface area contributed by atoms with Crippen molar-refractivity contribution in [2.24, 2.45) is 7.05 Å². The van der Waals surface area contributed by atoms with E-state index in [1.807, 2.05) is 28.8 Å². The number of fused-ring (bicyclic) bond motifs is 1. The van der Waals surface area contributed by atoms with Gasteiger partial charge in [0.15, 0.2) is 0 Å². The molecule has 5 nitrogen and oxygen atoms in total. The molecule has 1 saturated heterocycles. The second kappa shape index (κ2) is 6.61. The fraction of sp³-hybridized carbons (Fsp3) is 0.263. The van der Waals surface area contributed by atoms with E-state index < -0.39 is 5.82 Å². The predicted molar refractivity (Wildman–Crippen MR) is 101 cm³/mol. The summed E-state index contributed by atoms with van der Waals surface area (Å²) in [4.78, 5) is 19.2. The Morgan fingerprint density at radius 1 is 1.27 bits per heavy atom. The normalized spacial score (nSPS) is 14.2. The molecule has 4 rings (SSSR count). The van der Waals surface area contributed by atoms with Crippen molar-refractivity contribution in [2.75, 3.05) is 18.4 Å². The molecule has 0 bridgehead atoms. The van der Waals surface area contributed by atoms with E-state index in [0.29, 0.717) is 17.1 Å². The highest BCUT2D eigenvalue weighted by Crippen LogP contribution is 2.30. The molecule has 1 aliphatic rings. The third kappa shape index (κ3) is 2.90. The molecule has 1 amide bonds. The summed E-state index contributed by atoms with van der Waals surface area (Å²) in [5.41, 5.74) is 2.05. The maximum absolute atomic E-state index is 13.4. The van der Waals surface area contributed by atoms with Gasteiger partial charge in [-0.05, 0) is 37.1 Å². The zero-order valence-electron chi connectivity index (χ0n) is 14.3. The monoisotopic (exact) mass is 372 g/mol. The molecule has 1 N–H and O–H groups in total. The van der Waals surface area contributed by atoms with Gasteiger partial charge in [-0.2, -0.15) is 0 Å². The Hall–Kier alpha value is -2.60. The van der Waals surface area contributed by atoms with Crippen LogP contribution in [0.4, 0.5) is 15.9 Å². The van der Waals surface area contributed by atoms with E-state index >= 15 is 0 Å². The number of nitrogens with zero attached hydrogens (tertiary/aromatic N) is 3. The molecule has 1 aliphatic heterocycles. The van der Waals surface area contributed by atoms with Crippen molar-refractivity contribution in [1.29, 1.82) is 0 Å². The molecule has 1 fully saturated rings. The summed E-state index contributed by atoms with van der Waals surface area (Å²) in [6.07, 6.45) is 5.59. The number of likely N-dealkylation sites (tertiary alicyclic amines) is 1. The summed E-state index contributed by atoms with van der Waals surface area (Å²) in [5.74, 6) is 0.140. The third-order valence-electron chi connectivity index (χ3n) is 4.71. The molecule has 3 heterocycles. The van der Waals surface area contributed by atoms with E-state index in [4.69, 9.17) is 11.6 Å². The Labute approximate surface area is 155 Å². The molecule has 0 radical (unpaired) electrons. The average molecular weight is 373 g/mol. The van der Waals surface area contributed by atoms with Crippen molar-refractivity contribution >= 4 is 39.9 Å². The highest BCUT2D eigenvalue weighted by atomic mass is 35.5. The Kier molecular flexibility index (Phi) is 4.28. The lowest BCUT2D eigenvalue weighted by Gasteiger charge is -2.17. The van der Waals surface area contributed by atoms with E-state index in [1.165, 1.54) is 12.1 Å². The molecule has 1 aromatic carbocycles. The summed E-state index contributed by atoms with van der Waals surface area (Å²) in [6, 6.07) is 6.33. The summed E-state index contributed by atoms with van der Waals surface area (Å²) < 4.78 is 15.3. The highest BCUT2D eigenvalue weighted by Gasteiger charge is 2.23. The van der Waals surface area contributed by atoms with Crippen molar-refractivity contribution in [3.63, 3.8) is 0 Å². The molecule has 0 aliphatic carbocycles. The summed E-state index contributed by atoms with van der Waals surface area (Å²) in [5, 5.41) is 4.04. The average Bonchev–Trinajstić information content (AvgIpc) is 3.29. The maximum Gasteiger partial charge on any atom is 0.257 e. The van der Waals surface area contributed by atoms with Gasteiger partial charge in [0.2, 0.25) is 0 Å². The van der Waals surface area contributed by atoms with Crippen LogP contribution >= 0.6 is 11.6 Å². The molecular formula is C19H18ClFN4O. The zero-order valence-corrected chi connectivity index (χ0v) is 15.1. The molecule has 0 saturated carbocycles. The number of pyridine rings is 1. The number of anilines is 2. The first-order valence-electron chi connectivity index (χ1n) is 8.50. The number of aromatic nitrogens is 2. The van der Waals surface area contributed by atoms with Gasteiger partial charge in [0.1, 0.15) is 11.6 Å². The van der Waals surface area contributed by atoms with Crippen LogP contribution in [0.15, 0.2) is 36.7 Å². The largest absolute Gasteiger partial charge is 0.350 e. The van der Waals surface area contributed by atoms with E-state index in [1.54, 1.807) is 12.3 Å². The van der Waals surface area contributed by atoms with Gasteiger partial charge in [0, 0.05) is 43.6 Å². The molecule has 0 spiro atoms. The Balaban J connectivity index is 1.74. The van der Waals surface area contributed by atoms with Gasteiger partial charge in [0.05, 0.1) is 16.1 Å². The molecule has 0 atom stereocenters. The Morgan fingerprint density at radius 3 is 2.77 bits per heavy atom. The molecule has 7 heteroatoms. The van der Waals surface area contributed by atoms with Crippen LogP contribution in [0.2, 0.25) is 5.02 Å². The van der Waals surface area contributed by atoms with Gasteiger partial charge in [-0.3, -0.25) is 4.79 Å². The van der Waals surface area contributed by atoms with Gasteiger partial charge < -0.3 is 14.8 Å². The Morgan fingerprint density at radius 2 is 2.04 bits per heavy atom. The third-order valence-corrected chi connectivity index (χ3v) is 5.00. The maximum atomic E-state index is 13.4. The smallest absolute Gasteiger partial charge is 0.257 e. The van der Waals surface area contributed by atoms with Gasteiger partial charge in [0.25, 0.3) is 5.91 Å². The number of nitrogens with one attached hydrogen (secondary N) is 1. The molecule has 3 aromatic rings. The van der Waals surface area contributed by atoms with Crippen LogP contribution < -0.4 is 5.32 Å². The lowest BCUT2D eigenvalue weighted by molar-refractivity contribution is 0.0794. The van der Waals surface area contributed by atoms with Crippen LogP contribution in [-0.2, 0) is 7.05 Å². The fourth-order valence-electron chi connectivity index (χ4n) is 3.37. The van der Waals surface area contributed by atoms with Crippen LogP contribution in [0.1, 0.15) is 23.2 Å². The molecule has 134 valence electrons.